The van der Waals surface area contributed by atoms with Crippen LogP contribution in [0.4, 0.5) is 11.4 Å². The SMILES string of the molecule is Cc1ccc(-c2nc3cc(C)ccn3c2/C=C/C(=O)Nc2ccc(N3CCCC3)cc2)cc1. The molecular formula is C28H28N4O. The number of rotatable bonds is 5. The Hall–Kier alpha value is -3.86. The first-order valence-electron chi connectivity index (χ1n) is 11.5. The van der Waals surface area contributed by atoms with E-state index >= 15 is 0 Å². The van der Waals surface area contributed by atoms with Gasteiger partial charge in [-0.1, -0.05) is 29.8 Å². The van der Waals surface area contributed by atoms with Crippen molar-refractivity contribution in [2.45, 2.75) is 26.7 Å². The van der Waals surface area contributed by atoms with Crippen molar-refractivity contribution in [2.75, 3.05) is 23.3 Å². The highest BCUT2D eigenvalue weighted by Crippen LogP contribution is 2.27. The number of hydrogen-bond donors (Lipinski definition) is 1. The fraction of sp³-hybridized carbons (Fsp3) is 0.214. The van der Waals surface area contributed by atoms with Crippen molar-refractivity contribution in [1.29, 1.82) is 0 Å². The van der Waals surface area contributed by atoms with Crippen LogP contribution >= 0.6 is 0 Å². The van der Waals surface area contributed by atoms with Crippen LogP contribution in [-0.2, 0) is 4.79 Å². The maximum atomic E-state index is 12.7. The summed E-state index contributed by atoms with van der Waals surface area (Å²) in [7, 11) is 0. The second-order valence-corrected chi connectivity index (χ2v) is 8.71. The molecule has 1 fully saturated rings. The number of imidazole rings is 1. The molecule has 1 aliphatic heterocycles. The fourth-order valence-electron chi connectivity index (χ4n) is 4.32. The number of pyridine rings is 1. The van der Waals surface area contributed by atoms with Crippen LogP contribution in [0.1, 0.15) is 29.7 Å². The molecule has 0 atom stereocenters. The fourth-order valence-corrected chi connectivity index (χ4v) is 4.32. The van der Waals surface area contributed by atoms with E-state index in [2.05, 4.69) is 66.5 Å². The molecule has 5 nitrogen and oxygen atoms in total. The smallest absolute Gasteiger partial charge is 0.248 e. The third kappa shape index (κ3) is 4.53. The topological polar surface area (TPSA) is 49.6 Å². The first kappa shape index (κ1) is 21.0. The number of nitrogens with one attached hydrogen (secondary N) is 1. The zero-order valence-corrected chi connectivity index (χ0v) is 19.1. The van der Waals surface area contributed by atoms with Crippen LogP contribution in [0.2, 0.25) is 0 Å². The molecule has 5 rings (SSSR count). The summed E-state index contributed by atoms with van der Waals surface area (Å²) < 4.78 is 2.02. The monoisotopic (exact) mass is 436 g/mol. The number of hydrogen-bond acceptors (Lipinski definition) is 3. The molecular weight excluding hydrogens is 408 g/mol. The quantitative estimate of drug-likeness (QED) is 0.398. The van der Waals surface area contributed by atoms with E-state index in [9.17, 15) is 4.79 Å². The average molecular weight is 437 g/mol. The van der Waals surface area contributed by atoms with Crippen molar-refractivity contribution in [3.63, 3.8) is 0 Å². The normalized spacial score (nSPS) is 13.8. The average Bonchev–Trinajstić information content (AvgIpc) is 3.47. The number of benzene rings is 2. The zero-order chi connectivity index (χ0) is 22.8. The summed E-state index contributed by atoms with van der Waals surface area (Å²) >= 11 is 0. The molecule has 0 spiro atoms. The van der Waals surface area contributed by atoms with Crippen LogP contribution in [0.25, 0.3) is 23.0 Å². The number of carbonyl (C=O) groups is 1. The van der Waals surface area contributed by atoms with E-state index in [0.717, 1.165) is 46.9 Å². The number of carbonyl (C=O) groups excluding carboxylic acids is 1. The van der Waals surface area contributed by atoms with Crippen LogP contribution in [0, 0.1) is 13.8 Å². The van der Waals surface area contributed by atoms with E-state index in [1.54, 1.807) is 6.08 Å². The van der Waals surface area contributed by atoms with Gasteiger partial charge in [-0.2, -0.15) is 0 Å². The van der Waals surface area contributed by atoms with Gasteiger partial charge in [-0.05, 0) is 74.7 Å². The number of fused-ring (bicyclic) bond motifs is 1. The largest absolute Gasteiger partial charge is 0.372 e. The number of anilines is 2. The maximum absolute atomic E-state index is 12.7. The van der Waals surface area contributed by atoms with Crippen LogP contribution in [0.5, 0.6) is 0 Å². The van der Waals surface area contributed by atoms with Gasteiger partial charge in [0.25, 0.3) is 0 Å². The predicted octanol–water partition coefficient (Wildman–Crippen LogP) is 5.87. The molecule has 1 aliphatic rings. The van der Waals surface area contributed by atoms with Crippen molar-refractivity contribution in [3.8, 4) is 11.3 Å². The summed E-state index contributed by atoms with van der Waals surface area (Å²) in [4.78, 5) is 19.9. The summed E-state index contributed by atoms with van der Waals surface area (Å²) in [6, 6.07) is 20.5. The molecule has 4 aromatic rings. The van der Waals surface area contributed by atoms with Crippen molar-refractivity contribution < 1.29 is 4.79 Å². The highest BCUT2D eigenvalue weighted by molar-refractivity contribution is 6.02. The number of aromatic nitrogens is 2. The number of amides is 1. The lowest BCUT2D eigenvalue weighted by molar-refractivity contribution is -0.111. The number of aryl methyl sites for hydroxylation is 2. The molecule has 1 saturated heterocycles. The van der Waals surface area contributed by atoms with Gasteiger partial charge in [0.15, 0.2) is 0 Å². The summed E-state index contributed by atoms with van der Waals surface area (Å²) in [5.74, 6) is -0.166. The van der Waals surface area contributed by atoms with E-state index in [1.165, 1.54) is 24.1 Å². The minimum atomic E-state index is -0.166. The van der Waals surface area contributed by atoms with Gasteiger partial charge in [-0.3, -0.25) is 9.20 Å². The molecule has 0 saturated carbocycles. The van der Waals surface area contributed by atoms with Crippen LogP contribution < -0.4 is 10.2 Å². The summed E-state index contributed by atoms with van der Waals surface area (Å²) in [6.45, 7) is 6.34. The van der Waals surface area contributed by atoms with Gasteiger partial charge in [0, 0.05) is 42.3 Å². The van der Waals surface area contributed by atoms with Gasteiger partial charge in [-0.25, -0.2) is 4.98 Å². The lowest BCUT2D eigenvalue weighted by Crippen LogP contribution is -2.17. The van der Waals surface area contributed by atoms with E-state index in [1.807, 2.05) is 34.9 Å². The minimum absolute atomic E-state index is 0.166. The Morgan fingerprint density at radius 2 is 1.67 bits per heavy atom. The predicted molar refractivity (Wildman–Crippen MR) is 136 cm³/mol. The number of nitrogens with zero attached hydrogens (tertiary/aromatic N) is 3. The molecule has 2 aromatic carbocycles. The molecule has 33 heavy (non-hydrogen) atoms. The van der Waals surface area contributed by atoms with Crippen molar-refractivity contribution in [1.82, 2.24) is 9.38 Å². The summed E-state index contributed by atoms with van der Waals surface area (Å²) in [6.07, 6.45) is 7.92. The minimum Gasteiger partial charge on any atom is -0.372 e. The molecule has 166 valence electrons. The zero-order valence-electron chi connectivity index (χ0n) is 19.1. The molecule has 1 amide bonds. The van der Waals surface area contributed by atoms with Gasteiger partial charge in [-0.15, -0.1) is 0 Å². The van der Waals surface area contributed by atoms with E-state index in [0.29, 0.717) is 0 Å². The molecule has 0 radical (unpaired) electrons. The lowest BCUT2D eigenvalue weighted by Gasteiger charge is -2.17. The summed E-state index contributed by atoms with van der Waals surface area (Å²) in [5, 5.41) is 2.97. The van der Waals surface area contributed by atoms with Crippen molar-refractivity contribution in [2.24, 2.45) is 0 Å². The van der Waals surface area contributed by atoms with Gasteiger partial charge < -0.3 is 10.2 Å². The Bertz CT molecular complexity index is 1310. The first-order chi connectivity index (χ1) is 16.1. The highest BCUT2D eigenvalue weighted by atomic mass is 16.1. The molecule has 1 N–H and O–H groups in total. The summed E-state index contributed by atoms with van der Waals surface area (Å²) in [5.41, 5.74) is 7.99. The van der Waals surface area contributed by atoms with Crippen molar-refractivity contribution in [3.05, 3.63) is 89.8 Å². The van der Waals surface area contributed by atoms with Crippen LogP contribution in [-0.4, -0.2) is 28.4 Å². The molecule has 0 aliphatic carbocycles. The van der Waals surface area contributed by atoms with E-state index < -0.39 is 0 Å². The first-order valence-corrected chi connectivity index (χ1v) is 11.5. The van der Waals surface area contributed by atoms with Crippen LogP contribution in [0.15, 0.2) is 72.9 Å². The second-order valence-electron chi connectivity index (χ2n) is 8.71. The van der Waals surface area contributed by atoms with Gasteiger partial charge in [0.1, 0.15) is 5.65 Å². The standard InChI is InChI=1S/C28H28N4O/c1-20-5-7-22(8-6-20)28-25(32-18-15-21(2)19-26(32)30-28)13-14-27(33)29-23-9-11-24(12-10-23)31-16-3-4-17-31/h5-15,18-19H,3-4,16-17H2,1-2H3,(H,29,33)/b14-13+. The lowest BCUT2D eigenvalue weighted by atomic mass is 10.1. The Morgan fingerprint density at radius 3 is 2.39 bits per heavy atom. The molecule has 0 bridgehead atoms. The molecule has 5 heteroatoms. The third-order valence-electron chi connectivity index (χ3n) is 6.14. The molecule has 0 unspecified atom stereocenters. The third-order valence-corrected chi connectivity index (χ3v) is 6.14. The Kier molecular flexibility index (Phi) is 5.69. The van der Waals surface area contributed by atoms with E-state index in [4.69, 9.17) is 4.98 Å². The highest BCUT2D eigenvalue weighted by Gasteiger charge is 2.14. The second kappa shape index (κ2) is 8.94. The molecule has 3 heterocycles. The maximum Gasteiger partial charge on any atom is 0.248 e. The van der Waals surface area contributed by atoms with Gasteiger partial charge >= 0.3 is 0 Å². The van der Waals surface area contributed by atoms with Gasteiger partial charge in [0.2, 0.25) is 5.91 Å². The van der Waals surface area contributed by atoms with Crippen LogP contribution in [0.3, 0.4) is 0 Å². The Labute approximate surface area is 194 Å². The van der Waals surface area contributed by atoms with Crippen molar-refractivity contribution >= 4 is 29.0 Å². The Morgan fingerprint density at radius 1 is 0.939 bits per heavy atom. The van der Waals surface area contributed by atoms with Gasteiger partial charge in [0.05, 0.1) is 11.4 Å². The molecule has 2 aromatic heterocycles. The Balaban J connectivity index is 1.39. The van der Waals surface area contributed by atoms with E-state index in [-0.39, 0.29) is 5.91 Å².